The van der Waals surface area contributed by atoms with Crippen molar-refractivity contribution in [2.24, 2.45) is 0 Å². The van der Waals surface area contributed by atoms with E-state index < -0.39 is 11.5 Å². The molecule has 9 nitrogen and oxygen atoms in total. The zero-order valence-electron chi connectivity index (χ0n) is 33.1. The maximum atomic E-state index is 10.4. The Morgan fingerprint density at radius 2 is 1.23 bits per heavy atom. The van der Waals surface area contributed by atoms with Crippen molar-refractivity contribution >= 4 is 29.2 Å². The second-order valence-corrected chi connectivity index (χ2v) is 14.8. The Bertz CT molecular complexity index is 2520. The first kappa shape index (κ1) is 41.8. The molecule has 0 aliphatic heterocycles. The number of halogens is 2. The number of aliphatic hydroxyl groups excluding tert-OH is 1. The molecule has 11 heteroatoms. The summed E-state index contributed by atoms with van der Waals surface area (Å²) in [6.07, 6.45) is 2.87. The highest BCUT2D eigenvalue weighted by molar-refractivity contribution is 6.30. The number of benzene rings is 6. The topological polar surface area (TPSA) is 119 Å². The third kappa shape index (κ3) is 8.79. The molecule has 2 heterocycles. The van der Waals surface area contributed by atoms with E-state index in [1.54, 1.807) is 24.3 Å². The maximum absolute atomic E-state index is 10.4. The van der Waals surface area contributed by atoms with E-state index in [0.717, 1.165) is 69.6 Å². The molecule has 0 unspecified atom stereocenters. The van der Waals surface area contributed by atoms with Crippen molar-refractivity contribution in [1.29, 1.82) is 0 Å². The van der Waals surface area contributed by atoms with E-state index in [2.05, 4.69) is 126 Å². The van der Waals surface area contributed by atoms with Crippen LogP contribution in [0.4, 0.5) is 0 Å². The average molecular weight is 836 g/mol. The summed E-state index contributed by atoms with van der Waals surface area (Å²) in [5.41, 5.74) is 8.19. The summed E-state index contributed by atoms with van der Waals surface area (Å²) in [5, 5.41) is 32.7. The van der Waals surface area contributed by atoms with Gasteiger partial charge in [0, 0.05) is 24.4 Å². The number of tetrazole rings is 1. The number of unbranched alkanes of at least 4 members (excludes halogenated alkanes) is 1. The molecule has 0 aliphatic carbocycles. The van der Waals surface area contributed by atoms with Gasteiger partial charge in [0.2, 0.25) is 0 Å². The number of nitrogens with zero attached hydrogens (tertiary/aromatic N) is 6. The first-order valence-electron chi connectivity index (χ1n) is 19.8. The molecular formula is C49H44Cl2N6O3. The summed E-state index contributed by atoms with van der Waals surface area (Å²) in [5.74, 6) is 1.05. The molecule has 60 heavy (non-hydrogen) atoms. The number of aromatic carboxylic acids is 1. The van der Waals surface area contributed by atoms with Gasteiger partial charge in [-0.2, -0.15) is 0 Å². The van der Waals surface area contributed by atoms with Gasteiger partial charge in [0.05, 0.1) is 17.9 Å². The van der Waals surface area contributed by atoms with Gasteiger partial charge in [0.15, 0.2) is 11.0 Å². The number of aromatic nitrogens is 6. The smallest absolute Gasteiger partial charge is 0.335 e. The summed E-state index contributed by atoms with van der Waals surface area (Å²) >= 11 is 11.9. The van der Waals surface area contributed by atoms with E-state index >= 15 is 0 Å². The summed E-state index contributed by atoms with van der Waals surface area (Å²) < 4.78 is 4.02. The zero-order chi connectivity index (χ0) is 41.9. The monoisotopic (exact) mass is 834 g/mol. The van der Waals surface area contributed by atoms with Crippen LogP contribution in [0.3, 0.4) is 0 Å². The van der Waals surface area contributed by atoms with Gasteiger partial charge in [0.1, 0.15) is 11.4 Å². The number of alkyl halides is 1. The molecule has 0 spiro atoms. The second kappa shape index (κ2) is 19.6. The number of hydrogen-bond acceptors (Lipinski definition) is 6. The zero-order valence-corrected chi connectivity index (χ0v) is 34.6. The molecule has 0 saturated heterocycles. The Morgan fingerprint density at radius 3 is 1.75 bits per heavy atom. The van der Waals surface area contributed by atoms with E-state index in [-0.39, 0.29) is 6.61 Å². The molecule has 0 atom stereocenters. The third-order valence-corrected chi connectivity index (χ3v) is 11.1. The van der Waals surface area contributed by atoms with Crippen LogP contribution in [0.15, 0.2) is 164 Å². The Labute approximate surface area is 359 Å². The summed E-state index contributed by atoms with van der Waals surface area (Å²) in [7, 11) is 0. The third-order valence-electron chi connectivity index (χ3n) is 10.5. The van der Waals surface area contributed by atoms with Crippen LogP contribution in [0.2, 0.25) is 5.15 Å². The highest BCUT2D eigenvalue weighted by Gasteiger charge is 2.42. The highest BCUT2D eigenvalue weighted by atomic mass is 35.5. The Balaban J connectivity index is 0.000000431. The maximum Gasteiger partial charge on any atom is 0.335 e. The van der Waals surface area contributed by atoms with Gasteiger partial charge in [0.25, 0.3) is 0 Å². The Kier molecular flexibility index (Phi) is 13.6. The van der Waals surface area contributed by atoms with Crippen molar-refractivity contribution in [2.45, 2.75) is 50.8 Å². The molecule has 0 amide bonds. The minimum absolute atomic E-state index is 0.158. The lowest BCUT2D eigenvalue weighted by Gasteiger charge is -2.36. The highest BCUT2D eigenvalue weighted by Crippen LogP contribution is 2.43. The van der Waals surface area contributed by atoms with Crippen molar-refractivity contribution in [3.63, 3.8) is 0 Å². The van der Waals surface area contributed by atoms with Gasteiger partial charge in [-0.15, -0.1) is 16.7 Å². The molecule has 6 aromatic carbocycles. The predicted molar refractivity (Wildman–Crippen MR) is 237 cm³/mol. The number of aliphatic hydroxyl groups is 1. The van der Waals surface area contributed by atoms with Crippen molar-refractivity contribution in [3.05, 3.63) is 214 Å². The van der Waals surface area contributed by atoms with Crippen molar-refractivity contribution in [1.82, 2.24) is 29.8 Å². The SMILES string of the molecule is CCCCc1nc(Cl)c(CO)n1Cc1ccc(-c2ccccc2-c2nnnn2C(c2ccccc2)(c2ccccc2)c2ccccc2)cc1.O=C(O)c1ccc(CCl)cc1. The molecule has 2 aromatic heterocycles. The molecule has 0 aliphatic rings. The van der Waals surface area contributed by atoms with Crippen LogP contribution in [-0.4, -0.2) is 45.9 Å². The van der Waals surface area contributed by atoms with E-state index in [1.165, 1.54) is 0 Å². The minimum Gasteiger partial charge on any atom is -0.478 e. The van der Waals surface area contributed by atoms with Gasteiger partial charge in [-0.3, -0.25) is 0 Å². The first-order valence-corrected chi connectivity index (χ1v) is 20.7. The lowest BCUT2D eigenvalue weighted by atomic mass is 9.77. The van der Waals surface area contributed by atoms with E-state index in [4.69, 9.17) is 38.6 Å². The fraction of sp³-hybridized carbons (Fsp3) is 0.163. The van der Waals surface area contributed by atoms with Gasteiger partial charge in [-0.1, -0.05) is 177 Å². The Hall–Kier alpha value is -6.39. The van der Waals surface area contributed by atoms with Crippen molar-refractivity contribution in [2.75, 3.05) is 0 Å². The number of carbonyl (C=O) groups is 1. The lowest BCUT2D eigenvalue weighted by Crippen LogP contribution is -2.39. The number of carboxylic acids is 1. The van der Waals surface area contributed by atoms with E-state index in [0.29, 0.717) is 34.7 Å². The molecule has 0 fully saturated rings. The molecule has 0 radical (unpaired) electrons. The molecule has 0 bridgehead atoms. The largest absolute Gasteiger partial charge is 0.478 e. The second-order valence-electron chi connectivity index (χ2n) is 14.2. The van der Waals surface area contributed by atoms with E-state index in [1.807, 2.05) is 39.6 Å². The van der Waals surface area contributed by atoms with Gasteiger partial charge in [-0.05, 0) is 67.9 Å². The van der Waals surface area contributed by atoms with Crippen LogP contribution in [0.1, 0.15) is 69.5 Å². The van der Waals surface area contributed by atoms with Crippen LogP contribution in [-0.2, 0) is 31.0 Å². The average Bonchev–Trinajstić information content (AvgIpc) is 3.91. The van der Waals surface area contributed by atoms with Crippen LogP contribution < -0.4 is 0 Å². The van der Waals surface area contributed by atoms with Gasteiger partial charge >= 0.3 is 5.97 Å². The molecule has 8 aromatic rings. The standard InChI is InChI=1S/C41H37ClN6O.C8H7ClO2/c1-2-3-23-38-43-39(42)37(29-49)47(38)28-30-24-26-31(27-25-30)35-21-13-14-22-36(35)40-44-45-46-48(40)41(32-15-7-4-8-16-32,33-17-9-5-10-18-33)34-19-11-6-12-20-34;9-5-6-1-3-7(4-2-6)8(10)11/h4-22,24-27,49H,2-3,23,28-29H2,1H3;1-4H,5H2,(H,10,11). The van der Waals surface area contributed by atoms with Crippen molar-refractivity contribution < 1.29 is 15.0 Å². The van der Waals surface area contributed by atoms with Crippen LogP contribution in [0, 0.1) is 0 Å². The van der Waals surface area contributed by atoms with E-state index in [9.17, 15) is 9.90 Å². The molecule has 8 rings (SSSR count). The van der Waals surface area contributed by atoms with Crippen LogP contribution in [0.5, 0.6) is 0 Å². The predicted octanol–water partition coefficient (Wildman–Crippen LogP) is 10.7. The fourth-order valence-electron chi connectivity index (χ4n) is 7.49. The van der Waals surface area contributed by atoms with Gasteiger partial charge < -0.3 is 14.8 Å². The summed E-state index contributed by atoms with van der Waals surface area (Å²) in [4.78, 5) is 14.9. The number of aryl methyl sites for hydroxylation is 1. The molecule has 2 N–H and O–H groups in total. The van der Waals surface area contributed by atoms with Crippen molar-refractivity contribution in [3.8, 4) is 22.5 Å². The van der Waals surface area contributed by atoms with Crippen LogP contribution in [0.25, 0.3) is 22.5 Å². The van der Waals surface area contributed by atoms with Gasteiger partial charge in [-0.25, -0.2) is 14.5 Å². The molecule has 0 saturated carbocycles. The minimum atomic E-state index is -0.911. The van der Waals surface area contributed by atoms with Crippen LogP contribution >= 0.6 is 23.2 Å². The number of carboxylic acid groups (broad SMARTS) is 1. The molecule has 302 valence electrons. The lowest BCUT2D eigenvalue weighted by molar-refractivity contribution is 0.0697. The Morgan fingerprint density at radius 1 is 0.700 bits per heavy atom. The quantitative estimate of drug-likeness (QED) is 0.0827. The first-order chi connectivity index (χ1) is 29.4. The fourth-order valence-corrected chi connectivity index (χ4v) is 7.93. The number of hydrogen-bond donors (Lipinski definition) is 2. The number of rotatable bonds is 14. The number of imidazole rings is 1. The normalized spacial score (nSPS) is 11.2. The summed E-state index contributed by atoms with van der Waals surface area (Å²) in [6, 6.07) is 54.5. The molecular weight excluding hydrogens is 791 g/mol. The summed E-state index contributed by atoms with van der Waals surface area (Å²) in [6.45, 7) is 2.57.